The molecule has 7 nitrogen and oxygen atoms in total. The Hall–Kier alpha value is -3.09. The van der Waals surface area contributed by atoms with Gasteiger partial charge in [0.15, 0.2) is 11.8 Å². The van der Waals surface area contributed by atoms with Crippen LogP contribution in [0.5, 0.6) is 5.75 Å². The van der Waals surface area contributed by atoms with Crippen LogP contribution in [0.4, 0.5) is 5.69 Å². The van der Waals surface area contributed by atoms with Gasteiger partial charge in [-0.1, -0.05) is 45.9 Å². The predicted molar refractivity (Wildman–Crippen MR) is 115 cm³/mol. The Morgan fingerprint density at radius 1 is 1.31 bits per heavy atom. The number of benzene rings is 2. The first-order valence-corrected chi connectivity index (χ1v) is 10.4. The lowest BCUT2D eigenvalue weighted by molar-refractivity contribution is -0.118. The minimum atomic E-state index is -0.533. The van der Waals surface area contributed by atoms with Crippen LogP contribution in [-0.4, -0.2) is 28.7 Å². The van der Waals surface area contributed by atoms with Crippen molar-refractivity contribution >= 4 is 39.3 Å². The molecule has 1 aromatic heterocycles. The molecule has 0 bridgehead atoms. The van der Waals surface area contributed by atoms with Gasteiger partial charge < -0.3 is 15.0 Å². The zero-order valence-electron chi connectivity index (χ0n) is 15.2. The van der Waals surface area contributed by atoms with Gasteiger partial charge in [0, 0.05) is 15.7 Å². The largest absolute Gasteiger partial charge is 0.483 e. The Morgan fingerprint density at radius 3 is 2.76 bits per heavy atom. The van der Waals surface area contributed by atoms with Crippen molar-refractivity contribution in [3.05, 3.63) is 68.9 Å². The molecule has 0 atom stereocenters. The van der Waals surface area contributed by atoms with Crippen LogP contribution in [0.2, 0.25) is 0 Å². The molecule has 0 saturated heterocycles. The van der Waals surface area contributed by atoms with Crippen LogP contribution >= 0.6 is 27.7 Å². The molecule has 1 heterocycles. The van der Waals surface area contributed by atoms with E-state index in [1.165, 1.54) is 11.8 Å². The number of carbonyl (C=O) groups excluding carboxylic acids is 1. The molecule has 0 aliphatic heterocycles. The minimum Gasteiger partial charge on any atom is -0.483 e. The maximum atomic E-state index is 12.2. The van der Waals surface area contributed by atoms with Crippen molar-refractivity contribution in [2.24, 2.45) is 0 Å². The van der Waals surface area contributed by atoms with Crippen molar-refractivity contribution in [3.8, 4) is 23.1 Å². The van der Waals surface area contributed by atoms with Crippen molar-refractivity contribution in [2.75, 3.05) is 18.2 Å². The second-order valence-corrected chi connectivity index (χ2v) is 7.46. The number of aromatic nitrogens is 2. The average Bonchev–Trinajstić information content (AvgIpc) is 2.73. The van der Waals surface area contributed by atoms with E-state index < -0.39 is 5.56 Å². The first kappa shape index (κ1) is 20.6. The van der Waals surface area contributed by atoms with Gasteiger partial charge in [0.05, 0.1) is 0 Å². The number of nitriles is 1. The monoisotopic (exact) mass is 470 g/mol. The Labute approximate surface area is 179 Å². The van der Waals surface area contributed by atoms with Gasteiger partial charge >= 0.3 is 0 Å². The lowest BCUT2D eigenvalue weighted by atomic mass is 10.1. The summed E-state index contributed by atoms with van der Waals surface area (Å²) in [5, 5.41) is 12.5. The molecule has 3 rings (SSSR count). The predicted octanol–water partition coefficient (Wildman–Crippen LogP) is 3.81. The summed E-state index contributed by atoms with van der Waals surface area (Å²) in [6.45, 7) is -0.246. The zero-order chi connectivity index (χ0) is 20.8. The second-order valence-electron chi connectivity index (χ2n) is 5.75. The molecular formula is C20H15BrN4O3S. The first-order valence-electron chi connectivity index (χ1n) is 8.38. The third-order valence-electron chi connectivity index (χ3n) is 3.82. The summed E-state index contributed by atoms with van der Waals surface area (Å²) in [5.74, 6) is -0.00712. The highest BCUT2D eigenvalue weighted by molar-refractivity contribution is 9.10. The van der Waals surface area contributed by atoms with Crippen molar-refractivity contribution in [1.82, 2.24) is 9.97 Å². The van der Waals surface area contributed by atoms with Crippen molar-refractivity contribution in [1.29, 1.82) is 5.26 Å². The van der Waals surface area contributed by atoms with Crippen LogP contribution < -0.4 is 15.6 Å². The summed E-state index contributed by atoms with van der Waals surface area (Å²) >= 11 is 4.63. The molecule has 3 aromatic rings. The molecule has 0 saturated carbocycles. The number of H-pyrrole nitrogens is 1. The van der Waals surface area contributed by atoms with E-state index in [-0.39, 0.29) is 23.8 Å². The van der Waals surface area contributed by atoms with E-state index in [0.29, 0.717) is 26.6 Å². The number of hydrogen-bond acceptors (Lipinski definition) is 6. The molecule has 0 radical (unpaired) electrons. The number of halogens is 1. The Balaban J connectivity index is 1.91. The normalized spacial score (nSPS) is 10.2. The van der Waals surface area contributed by atoms with E-state index in [0.717, 1.165) is 0 Å². The summed E-state index contributed by atoms with van der Waals surface area (Å²) in [6, 6.07) is 16.0. The van der Waals surface area contributed by atoms with E-state index >= 15 is 0 Å². The number of carbonyl (C=O) groups is 1. The molecular weight excluding hydrogens is 456 g/mol. The number of thioether (sulfide) groups is 1. The third kappa shape index (κ3) is 5.04. The van der Waals surface area contributed by atoms with Crippen LogP contribution in [0.25, 0.3) is 11.3 Å². The molecule has 146 valence electrons. The van der Waals surface area contributed by atoms with Crippen LogP contribution in [0, 0.1) is 11.3 Å². The Morgan fingerprint density at radius 2 is 2.07 bits per heavy atom. The highest BCUT2D eigenvalue weighted by atomic mass is 79.9. The van der Waals surface area contributed by atoms with E-state index in [4.69, 9.17) is 4.74 Å². The lowest BCUT2D eigenvalue weighted by Gasteiger charge is -2.13. The molecule has 0 aliphatic rings. The van der Waals surface area contributed by atoms with Crippen molar-refractivity contribution in [3.63, 3.8) is 0 Å². The number of rotatable bonds is 6. The molecule has 0 fully saturated rings. The highest BCUT2D eigenvalue weighted by Gasteiger charge is 2.18. The fraction of sp³-hybridized carbons (Fsp3) is 0.100. The van der Waals surface area contributed by atoms with Crippen LogP contribution in [-0.2, 0) is 4.79 Å². The standard InChI is InChI=1S/C20H15BrN4O3S/c1-29-20-24-18(15(10-22)19(27)25-20)14-9-12(21)7-8-16(14)28-11-17(26)23-13-5-3-2-4-6-13/h2-9H,11H2,1H3,(H,23,26)(H,24,25,27). The first-order chi connectivity index (χ1) is 14.0. The SMILES string of the molecule is CSc1nc(-c2cc(Br)ccc2OCC(=O)Nc2ccccc2)c(C#N)c(=O)[nH]1. The van der Waals surface area contributed by atoms with Gasteiger partial charge in [-0.25, -0.2) is 4.98 Å². The molecule has 1 amide bonds. The van der Waals surface area contributed by atoms with E-state index in [1.54, 1.807) is 36.6 Å². The number of anilines is 1. The van der Waals surface area contributed by atoms with Crippen LogP contribution in [0.15, 0.2) is 63.0 Å². The summed E-state index contributed by atoms with van der Waals surface area (Å²) in [5.41, 5.74) is 0.629. The number of nitrogens with zero attached hydrogens (tertiary/aromatic N) is 2. The average molecular weight is 471 g/mol. The number of nitrogens with one attached hydrogen (secondary N) is 2. The van der Waals surface area contributed by atoms with Crippen molar-refractivity contribution < 1.29 is 9.53 Å². The molecule has 9 heteroatoms. The van der Waals surface area contributed by atoms with Gasteiger partial charge in [-0.05, 0) is 36.6 Å². The van der Waals surface area contributed by atoms with Crippen LogP contribution in [0.1, 0.15) is 5.56 Å². The smallest absolute Gasteiger partial charge is 0.270 e. The Kier molecular flexibility index (Phi) is 6.69. The van der Waals surface area contributed by atoms with Crippen molar-refractivity contribution in [2.45, 2.75) is 5.16 Å². The molecule has 0 spiro atoms. The number of para-hydroxylation sites is 1. The summed E-state index contributed by atoms with van der Waals surface area (Å²) in [7, 11) is 0. The van der Waals surface area contributed by atoms with Gasteiger partial charge in [0.25, 0.3) is 11.5 Å². The Bertz CT molecular complexity index is 1140. The summed E-state index contributed by atoms with van der Waals surface area (Å²) in [4.78, 5) is 31.4. The topological polar surface area (TPSA) is 108 Å². The van der Waals surface area contributed by atoms with E-state index in [9.17, 15) is 14.9 Å². The fourth-order valence-corrected chi connectivity index (χ4v) is 3.26. The molecule has 29 heavy (non-hydrogen) atoms. The van der Waals surface area contributed by atoms with E-state index in [2.05, 4.69) is 31.2 Å². The quantitative estimate of drug-likeness (QED) is 0.418. The molecule has 0 unspecified atom stereocenters. The van der Waals surface area contributed by atoms with Gasteiger partial charge in [-0.15, -0.1) is 0 Å². The maximum absolute atomic E-state index is 12.2. The molecule has 2 N–H and O–H groups in total. The minimum absolute atomic E-state index is 0.125. The zero-order valence-corrected chi connectivity index (χ0v) is 17.6. The lowest BCUT2D eigenvalue weighted by Crippen LogP contribution is -2.20. The van der Waals surface area contributed by atoms with E-state index in [1.807, 2.05) is 24.3 Å². The molecule has 2 aromatic carbocycles. The summed E-state index contributed by atoms with van der Waals surface area (Å²) < 4.78 is 6.41. The molecule has 0 aliphatic carbocycles. The second kappa shape index (κ2) is 9.41. The summed E-state index contributed by atoms with van der Waals surface area (Å²) in [6.07, 6.45) is 1.76. The number of ether oxygens (including phenoxy) is 1. The van der Waals surface area contributed by atoms with Gasteiger partial charge in [-0.3, -0.25) is 9.59 Å². The van der Waals surface area contributed by atoms with Gasteiger partial charge in [-0.2, -0.15) is 5.26 Å². The highest BCUT2D eigenvalue weighted by Crippen LogP contribution is 2.33. The van der Waals surface area contributed by atoms with Gasteiger partial charge in [0.2, 0.25) is 0 Å². The van der Waals surface area contributed by atoms with Gasteiger partial charge in [0.1, 0.15) is 23.1 Å². The maximum Gasteiger partial charge on any atom is 0.270 e. The van der Waals surface area contributed by atoms with Crippen LogP contribution in [0.3, 0.4) is 0 Å². The third-order valence-corrected chi connectivity index (χ3v) is 4.89. The number of amides is 1. The fourth-order valence-electron chi connectivity index (χ4n) is 2.52. The number of aromatic amines is 1. The number of hydrogen-bond donors (Lipinski definition) is 2.